The molecule has 1 aliphatic heterocycles. The maximum Gasteiger partial charge on any atom is 0.269 e. The van der Waals surface area contributed by atoms with E-state index in [-0.39, 0.29) is 11.1 Å². The lowest BCUT2D eigenvalue weighted by molar-refractivity contribution is -0.118. The van der Waals surface area contributed by atoms with Gasteiger partial charge < -0.3 is 4.74 Å². The van der Waals surface area contributed by atoms with Crippen molar-refractivity contribution in [3.05, 3.63) is 76.0 Å². The lowest BCUT2D eigenvalue weighted by Crippen LogP contribution is -2.41. The predicted octanol–water partition coefficient (Wildman–Crippen LogP) is 4.03. The first-order valence-electron chi connectivity index (χ1n) is 9.85. The minimum absolute atomic E-state index is 0.288. The summed E-state index contributed by atoms with van der Waals surface area (Å²) in [4.78, 5) is 45.1. The van der Waals surface area contributed by atoms with Crippen molar-refractivity contribution in [1.29, 1.82) is 0 Å². The van der Waals surface area contributed by atoms with Crippen LogP contribution in [0.15, 0.2) is 65.1 Å². The number of aromatic nitrogens is 1. The Kier molecular flexibility index (Phi) is 5.45. The average molecular weight is 477 g/mol. The van der Waals surface area contributed by atoms with E-state index in [9.17, 15) is 14.4 Å². The van der Waals surface area contributed by atoms with Gasteiger partial charge in [-0.15, -0.1) is 11.3 Å². The summed E-state index contributed by atoms with van der Waals surface area (Å²) in [6, 6.07) is 15.7. The molecular formula is C23H16N4O4S2. The number of rotatable bonds is 6. The van der Waals surface area contributed by atoms with Gasteiger partial charge in [-0.1, -0.05) is 29.5 Å². The van der Waals surface area contributed by atoms with Crippen LogP contribution in [0.2, 0.25) is 0 Å². The molecule has 0 atom stereocenters. The summed E-state index contributed by atoms with van der Waals surface area (Å²) in [6.45, 7) is -0.451. The molecule has 33 heavy (non-hydrogen) atoms. The first-order valence-corrected chi connectivity index (χ1v) is 11.5. The van der Waals surface area contributed by atoms with E-state index in [4.69, 9.17) is 4.74 Å². The van der Waals surface area contributed by atoms with Crippen molar-refractivity contribution in [1.82, 2.24) is 9.88 Å². The molecule has 2 aromatic heterocycles. The summed E-state index contributed by atoms with van der Waals surface area (Å²) >= 11 is 2.73. The average Bonchev–Trinajstić information content (AvgIpc) is 3.55. The number of hydrazone groups is 1. The lowest BCUT2D eigenvalue weighted by atomic mass is 10.1. The highest BCUT2D eigenvalue weighted by Gasteiger charge is 2.37. The van der Waals surface area contributed by atoms with Crippen LogP contribution in [0.25, 0.3) is 10.2 Å². The van der Waals surface area contributed by atoms with Crippen molar-refractivity contribution in [3.63, 3.8) is 0 Å². The Morgan fingerprint density at radius 3 is 2.55 bits per heavy atom. The van der Waals surface area contributed by atoms with Gasteiger partial charge in [-0.3, -0.25) is 19.3 Å². The monoisotopic (exact) mass is 476 g/mol. The minimum Gasteiger partial charge on any atom is -0.497 e. The number of hydrogen-bond donors (Lipinski definition) is 0. The molecule has 4 aromatic rings. The Morgan fingerprint density at radius 1 is 1.12 bits per heavy atom. The molecule has 0 saturated heterocycles. The van der Waals surface area contributed by atoms with Gasteiger partial charge in [0.1, 0.15) is 12.3 Å². The van der Waals surface area contributed by atoms with Crippen LogP contribution in [0.3, 0.4) is 0 Å². The number of ether oxygens (including phenoxy) is 1. The summed E-state index contributed by atoms with van der Waals surface area (Å²) in [5.41, 5.74) is 1.26. The second-order valence-electron chi connectivity index (χ2n) is 7.04. The number of thiophene rings is 1. The van der Waals surface area contributed by atoms with Crippen LogP contribution in [0.4, 0.5) is 5.13 Å². The van der Waals surface area contributed by atoms with Crippen LogP contribution in [0, 0.1) is 0 Å². The third kappa shape index (κ3) is 3.90. The van der Waals surface area contributed by atoms with Gasteiger partial charge in [-0.05, 0) is 41.8 Å². The van der Waals surface area contributed by atoms with Gasteiger partial charge in [0.25, 0.3) is 17.7 Å². The number of benzene rings is 2. The fraction of sp³-hybridized carbons (Fsp3) is 0.0870. The molecule has 2 aromatic carbocycles. The first-order chi connectivity index (χ1) is 16.0. The van der Waals surface area contributed by atoms with Crippen molar-refractivity contribution in [2.24, 2.45) is 5.10 Å². The van der Waals surface area contributed by atoms with Gasteiger partial charge in [0.05, 0.1) is 34.7 Å². The van der Waals surface area contributed by atoms with Crippen LogP contribution in [0.5, 0.6) is 5.75 Å². The van der Waals surface area contributed by atoms with Gasteiger partial charge in [0.15, 0.2) is 0 Å². The molecule has 164 valence electrons. The molecule has 0 aliphatic carbocycles. The largest absolute Gasteiger partial charge is 0.497 e. The van der Waals surface area contributed by atoms with Crippen LogP contribution in [-0.2, 0) is 4.79 Å². The topological polar surface area (TPSA) is 92.2 Å². The Bertz CT molecular complexity index is 1380. The summed E-state index contributed by atoms with van der Waals surface area (Å²) in [6.07, 6.45) is 1.55. The van der Waals surface area contributed by atoms with Gasteiger partial charge in [0.2, 0.25) is 5.13 Å². The van der Waals surface area contributed by atoms with E-state index in [2.05, 4.69) is 10.1 Å². The third-order valence-corrected chi connectivity index (χ3v) is 6.82. The molecule has 10 heteroatoms. The van der Waals surface area contributed by atoms with Crippen molar-refractivity contribution in [2.75, 3.05) is 18.7 Å². The lowest BCUT2D eigenvalue weighted by Gasteiger charge is -2.18. The highest BCUT2D eigenvalue weighted by Crippen LogP contribution is 2.32. The first kappa shape index (κ1) is 21.0. The van der Waals surface area contributed by atoms with E-state index in [0.717, 1.165) is 19.5 Å². The van der Waals surface area contributed by atoms with E-state index >= 15 is 0 Å². The molecule has 5 rings (SSSR count). The molecule has 0 spiro atoms. The molecule has 1 aliphatic rings. The number of methoxy groups -OCH3 is 1. The summed E-state index contributed by atoms with van der Waals surface area (Å²) < 4.78 is 6.08. The maximum atomic E-state index is 13.3. The third-order valence-electron chi connectivity index (χ3n) is 5.02. The Morgan fingerprint density at radius 2 is 1.88 bits per heavy atom. The van der Waals surface area contributed by atoms with Crippen LogP contribution >= 0.6 is 22.7 Å². The van der Waals surface area contributed by atoms with Crippen LogP contribution in [-0.4, -0.2) is 47.5 Å². The molecule has 0 fully saturated rings. The minimum atomic E-state index is -0.552. The fourth-order valence-corrected chi connectivity index (χ4v) is 4.94. The Hall–Kier alpha value is -3.89. The normalized spacial score (nSPS) is 13.2. The quantitative estimate of drug-likeness (QED) is 0.238. The number of nitrogens with zero attached hydrogens (tertiary/aromatic N) is 4. The summed E-state index contributed by atoms with van der Waals surface area (Å²) in [7, 11) is 1.58. The van der Waals surface area contributed by atoms with E-state index in [1.807, 2.05) is 23.6 Å². The van der Waals surface area contributed by atoms with Crippen molar-refractivity contribution in [2.45, 2.75) is 0 Å². The zero-order valence-electron chi connectivity index (χ0n) is 17.3. The Balaban J connectivity index is 1.48. The zero-order valence-corrected chi connectivity index (χ0v) is 18.9. The highest BCUT2D eigenvalue weighted by molar-refractivity contribution is 7.22. The number of amides is 3. The number of anilines is 1. The standard InChI is InChI=1S/C23H16N4O4S2/c1-31-14-8-9-18-19(11-14)33-23(25-18)27(24-12-15-5-4-10-32-15)20(28)13-26-21(29)16-6-2-3-7-17(16)22(26)30/h2-12H,13H2,1H3/b24-12+. The van der Waals surface area contributed by atoms with Crippen molar-refractivity contribution < 1.29 is 19.1 Å². The Labute approximate surface area is 196 Å². The number of carbonyl (C=O) groups excluding carboxylic acids is 3. The van der Waals surface area contributed by atoms with E-state index in [0.29, 0.717) is 16.4 Å². The second-order valence-corrected chi connectivity index (χ2v) is 9.03. The molecule has 0 unspecified atom stereocenters. The smallest absolute Gasteiger partial charge is 0.269 e. The second kappa shape index (κ2) is 8.57. The molecule has 8 nitrogen and oxygen atoms in total. The van der Waals surface area contributed by atoms with Crippen molar-refractivity contribution in [3.8, 4) is 5.75 Å². The van der Waals surface area contributed by atoms with E-state index < -0.39 is 24.3 Å². The summed E-state index contributed by atoms with van der Waals surface area (Å²) in [5.74, 6) is -0.882. The number of imide groups is 1. The molecule has 3 heterocycles. The molecular weight excluding hydrogens is 460 g/mol. The number of hydrogen-bond acceptors (Lipinski definition) is 8. The van der Waals surface area contributed by atoms with Crippen LogP contribution in [0.1, 0.15) is 25.6 Å². The summed E-state index contributed by atoms with van der Waals surface area (Å²) in [5, 5.41) is 7.72. The van der Waals surface area contributed by atoms with Crippen LogP contribution < -0.4 is 9.75 Å². The van der Waals surface area contributed by atoms with Gasteiger partial charge >= 0.3 is 0 Å². The van der Waals surface area contributed by atoms with E-state index in [1.165, 1.54) is 22.7 Å². The predicted molar refractivity (Wildman–Crippen MR) is 127 cm³/mol. The fourth-order valence-electron chi connectivity index (χ4n) is 3.40. The maximum absolute atomic E-state index is 13.3. The molecule has 0 N–H and O–H groups in total. The van der Waals surface area contributed by atoms with E-state index in [1.54, 1.807) is 49.7 Å². The number of thiazole rings is 1. The SMILES string of the molecule is COc1ccc2nc(N(/N=C/c3cccs3)C(=O)CN3C(=O)c4ccccc4C3=O)sc2c1. The number of carbonyl (C=O) groups is 3. The zero-order chi connectivity index (χ0) is 22.9. The van der Waals surface area contributed by atoms with Crippen molar-refractivity contribution >= 4 is 62.0 Å². The van der Waals surface area contributed by atoms with Gasteiger partial charge in [0, 0.05) is 4.88 Å². The molecule has 3 amide bonds. The molecule has 0 radical (unpaired) electrons. The molecule has 0 bridgehead atoms. The van der Waals surface area contributed by atoms with Gasteiger partial charge in [-0.2, -0.15) is 10.1 Å². The number of fused-ring (bicyclic) bond motifs is 2. The molecule has 0 saturated carbocycles. The van der Waals surface area contributed by atoms with Gasteiger partial charge in [-0.25, -0.2) is 4.98 Å². The highest BCUT2D eigenvalue weighted by atomic mass is 32.1.